The molecule has 4 aromatic heterocycles. The van der Waals surface area contributed by atoms with E-state index in [1.54, 1.807) is 16.1 Å². The van der Waals surface area contributed by atoms with Crippen molar-refractivity contribution < 1.29 is 4.79 Å². The molecule has 1 aliphatic carbocycles. The zero-order valence-electron chi connectivity index (χ0n) is 22.3. The number of nitrogens with one attached hydrogen (secondary N) is 1. The molecule has 0 radical (unpaired) electrons. The molecule has 1 saturated carbocycles. The second kappa shape index (κ2) is 8.42. The zero-order chi connectivity index (χ0) is 25.5. The number of aromatic amines is 1. The lowest BCUT2D eigenvalue weighted by atomic mass is 9.88. The molecule has 4 aromatic rings. The van der Waals surface area contributed by atoms with Crippen LogP contribution in [0.15, 0.2) is 12.5 Å². The number of amides is 1. The molecule has 36 heavy (non-hydrogen) atoms. The van der Waals surface area contributed by atoms with Crippen LogP contribution in [0.25, 0.3) is 27.1 Å². The Morgan fingerprint density at radius 1 is 1.19 bits per heavy atom. The molecule has 0 aromatic carbocycles. The van der Waals surface area contributed by atoms with Gasteiger partial charge < -0.3 is 9.88 Å². The zero-order valence-corrected chi connectivity index (χ0v) is 23.2. The standard InChI is InChI=1S/C28H36N6OS/c1-14(2)23-24-17(5)26(20-9-19-8-18(20)10-33(19)12-22(35)32(6)7)36-28(24)31-25(23)21-11-34-27(29-13-30-34)16(4)15(21)3/h11,13-14,18-20,31H,8-10,12H2,1-7H3/t18?,19?,20-/m1/s1. The van der Waals surface area contributed by atoms with Crippen LogP contribution < -0.4 is 0 Å². The maximum Gasteiger partial charge on any atom is 0.236 e. The van der Waals surface area contributed by atoms with Gasteiger partial charge in [0, 0.05) is 48.7 Å². The minimum absolute atomic E-state index is 0.212. The number of H-pyrrole nitrogens is 1. The van der Waals surface area contributed by atoms with Crippen molar-refractivity contribution in [2.75, 3.05) is 27.2 Å². The molecule has 5 heterocycles. The molecule has 1 aliphatic heterocycles. The number of carbonyl (C=O) groups is 1. The average Bonchev–Trinajstić information content (AvgIpc) is 3.63. The second-order valence-electron chi connectivity index (χ2n) is 11.4. The number of nitrogens with zero attached hydrogens (tertiary/aromatic N) is 5. The van der Waals surface area contributed by atoms with Gasteiger partial charge in [-0.3, -0.25) is 9.69 Å². The second-order valence-corrected chi connectivity index (χ2v) is 12.4. The summed E-state index contributed by atoms with van der Waals surface area (Å²) in [6.45, 7) is 12.9. The molecule has 7 nitrogen and oxygen atoms in total. The Labute approximate surface area is 216 Å². The van der Waals surface area contributed by atoms with Crippen molar-refractivity contribution in [2.24, 2.45) is 5.92 Å². The fourth-order valence-corrected chi connectivity index (χ4v) is 8.16. The van der Waals surface area contributed by atoms with Gasteiger partial charge in [-0.15, -0.1) is 11.3 Å². The Morgan fingerprint density at radius 2 is 1.97 bits per heavy atom. The number of likely N-dealkylation sites (tertiary alicyclic amines) is 1. The number of aromatic nitrogens is 4. The first-order chi connectivity index (χ1) is 17.2. The van der Waals surface area contributed by atoms with E-state index in [1.807, 2.05) is 29.9 Å². The Bertz CT molecular complexity index is 1490. The smallest absolute Gasteiger partial charge is 0.236 e. The number of rotatable bonds is 5. The van der Waals surface area contributed by atoms with Gasteiger partial charge in [-0.25, -0.2) is 9.50 Å². The van der Waals surface area contributed by atoms with Gasteiger partial charge in [0.1, 0.15) is 11.2 Å². The van der Waals surface area contributed by atoms with Crippen LogP contribution in [-0.4, -0.2) is 68.5 Å². The Hall–Kier alpha value is -2.71. The molecule has 3 atom stereocenters. The molecule has 2 unspecified atom stereocenters. The van der Waals surface area contributed by atoms with E-state index in [9.17, 15) is 4.79 Å². The monoisotopic (exact) mass is 504 g/mol. The van der Waals surface area contributed by atoms with Gasteiger partial charge in [-0.1, -0.05) is 13.8 Å². The summed E-state index contributed by atoms with van der Waals surface area (Å²) in [6.07, 6.45) is 6.14. The molecule has 1 N–H and O–H groups in total. The summed E-state index contributed by atoms with van der Waals surface area (Å²) in [6, 6.07) is 0.531. The molecule has 2 aliphatic rings. The predicted octanol–water partition coefficient (Wildman–Crippen LogP) is 5.25. The van der Waals surface area contributed by atoms with Crippen LogP contribution in [0.5, 0.6) is 0 Å². The van der Waals surface area contributed by atoms with Gasteiger partial charge in [-0.2, -0.15) is 5.10 Å². The van der Waals surface area contributed by atoms with Crippen molar-refractivity contribution in [2.45, 2.75) is 65.3 Å². The van der Waals surface area contributed by atoms with Crippen molar-refractivity contribution in [1.82, 2.24) is 29.4 Å². The SMILES string of the molecule is Cc1c(-c2[nH]c3sc([C@@H]4CC5CC4CN5CC(=O)N(C)C)c(C)c3c2C(C)C)cn2ncnc2c1C. The summed E-state index contributed by atoms with van der Waals surface area (Å²) in [7, 11) is 3.70. The Kier molecular flexibility index (Phi) is 5.53. The normalized spacial score (nSPS) is 22.1. The van der Waals surface area contributed by atoms with Crippen LogP contribution in [0.2, 0.25) is 0 Å². The highest BCUT2D eigenvalue weighted by molar-refractivity contribution is 7.19. The summed E-state index contributed by atoms with van der Waals surface area (Å²) in [4.78, 5) is 27.6. The number of carbonyl (C=O) groups excluding carboxylic acids is 1. The van der Waals surface area contributed by atoms with Crippen molar-refractivity contribution in [3.63, 3.8) is 0 Å². The number of piperidine rings is 1. The van der Waals surface area contributed by atoms with E-state index < -0.39 is 0 Å². The third-order valence-corrected chi connectivity index (χ3v) is 10.1. The van der Waals surface area contributed by atoms with Gasteiger partial charge in [-0.05, 0) is 73.6 Å². The fourth-order valence-electron chi connectivity index (χ4n) is 6.72. The van der Waals surface area contributed by atoms with Crippen LogP contribution >= 0.6 is 11.3 Å². The maximum atomic E-state index is 12.3. The van der Waals surface area contributed by atoms with Crippen LogP contribution in [0.3, 0.4) is 0 Å². The number of hydrogen-bond acceptors (Lipinski definition) is 5. The van der Waals surface area contributed by atoms with Gasteiger partial charge in [0.15, 0.2) is 5.65 Å². The highest BCUT2D eigenvalue weighted by Crippen LogP contribution is 2.53. The summed E-state index contributed by atoms with van der Waals surface area (Å²) in [5.74, 6) is 1.86. The molecule has 2 fully saturated rings. The third-order valence-electron chi connectivity index (χ3n) is 8.76. The van der Waals surface area contributed by atoms with E-state index in [0.717, 1.165) is 12.2 Å². The number of hydrogen-bond donors (Lipinski definition) is 1. The molecule has 8 heteroatoms. The average molecular weight is 505 g/mol. The molecule has 0 spiro atoms. The van der Waals surface area contributed by atoms with E-state index in [1.165, 1.54) is 56.6 Å². The van der Waals surface area contributed by atoms with Gasteiger partial charge in [0.2, 0.25) is 5.91 Å². The molecule has 6 rings (SSSR count). The van der Waals surface area contributed by atoms with E-state index >= 15 is 0 Å². The highest BCUT2D eigenvalue weighted by Gasteiger charge is 2.46. The third kappa shape index (κ3) is 3.44. The first-order valence-corrected chi connectivity index (χ1v) is 13.9. The van der Waals surface area contributed by atoms with Crippen LogP contribution in [-0.2, 0) is 4.79 Å². The molecule has 2 bridgehead atoms. The van der Waals surface area contributed by atoms with E-state index in [4.69, 9.17) is 0 Å². The lowest BCUT2D eigenvalue weighted by Crippen LogP contribution is -2.42. The summed E-state index contributed by atoms with van der Waals surface area (Å²) >= 11 is 1.96. The summed E-state index contributed by atoms with van der Waals surface area (Å²) in [5.41, 5.74) is 8.64. The molecular weight excluding hydrogens is 468 g/mol. The highest BCUT2D eigenvalue weighted by atomic mass is 32.1. The number of aryl methyl sites for hydroxylation is 2. The Balaban J connectivity index is 1.37. The summed E-state index contributed by atoms with van der Waals surface area (Å²) < 4.78 is 1.90. The van der Waals surface area contributed by atoms with Crippen molar-refractivity contribution >= 4 is 33.1 Å². The van der Waals surface area contributed by atoms with Crippen LogP contribution in [0, 0.1) is 26.7 Å². The van der Waals surface area contributed by atoms with Crippen molar-refractivity contribution in [1.29, 1.82) is 0 Å². The predicted molar refractivity (Wildman–Crippen MR) is 146 cm³/mol. The fraction of sp³-hybridized carbons (Fsp3) is 0.536. The molecular formula is C28H36N6OS. The van der Waals surface area contributed by atoms with E-state index in [-0.39, 0.29) is 5.91 Å². The molecule has 1 saturated heterocycles. The number of thiophene rings is 1. The van der Waals surface area contributed by atoms with E-state index in [0.29, 0.717) is 30.3 Å². The molecule has 190 valence electrons. The van der Waals surface area contributed by atoms with Crippen LogP contribution in [0.1, 0.15) is 65.7 Å². The number of fused-ring (bicyclic) bond motifs is 4. The van der Waals surface area contributed by atoms with Crippen molar-refractivity contribution in [3.05, 3.63) is 39.7 Å². The van der Waals surface area contributed by atoms with Gasteiger partial charge >= 0.3 is 0 Å². The topological polar surface area (TPSA) is 69.5 Å². The van der Waals surface area contributed by atoms with E-state index in [2.05, 4.69) is 60.8 Å². The maximum absolute atomic E-state index is 12.3. The van der Waals surface area contributed by atoms with Crippen LogP contribution in [0.4, 0.5) is 0 Å². The molecule has 1 amide bonds. The first kappa shape index (κ1) is 23.7. The largest absolute Gasteiger partial charge is 0.348 e. The first-order valence-electron chi connectivity index (χ1n) is 13.0. The number of pyridine rings is 1. The quantitative estimate of drug-likeness (QED) is 0.403. The van der Waals surface area contributed by atoms with Crippen molar-refractivity contribution in [3.8, 4) is 11.3 Å². The van der Waals surface area contributed by atoms with Gasteiger partial charge in [0.05, 0.1) is 12.2 Å². The lowest BCUT2D eigenvalue weighted by Gasteiger charge is -2.31. The summed E-state index contributed by atoms with van der Waals surface area (Å²) in [5, 5.41) is 5.84. The lowest BCUT2D eigenvalue weighted by molar-refractivity contribution is -0.130. The number of likely N-dealkylation sites (N-methyl/N-ethyl adjacent to an activating group) is 1. The van der Waals surface area contributed by atoms with Gasteiger partial charge in [0.25, 0.3) is 0 Å². The minimum atomic E-state index is 0.212. The minimum Gasteiger partial charge on any atom is -0.348 e. The Morgan fingerprint density at radius 3 is 2.64 bits per heavy atom.